The van der Waals surface area contributed by atoms with E-state index in [9.17, 15) is 13.2 Å². The molecule has 112 valence electrons. The van der Waals surface area contributed by atoms with Crippen molar-refractivity contribution in [3.63, 3.8) is 0 Å². The van der Waals surface area contributed by atoms with Crippen molar-refractivity contribution in [1.82, 2.24) is 0 Å². The van der Waals surface area contributed by atoms with Gasteiger partial charge in [-0.2, -0.15) is 8.78 Å². The maximum Gasteiger partial charge on any atom is 0.387 e. The molecule has 0 unspecified atom stereocenters. The van der Waals surface area contributed by atoms with Crippen LogP contribution in [0.3, 0.4) is 0 Å². The Morgan fingerprint density at radius 1 is 1.10 bits per heavy atom. The summed E-state index contributed by atoms with van der Waals surface area (Å²) in [4.78, 5) is 1.36. The fourth-order valence-electron chi connectivity index (χ4n) is 1.73. The van der Waals surface area contributed by atoms with Crippen molar-refractivity contribution in [3.8, 4) is 5.75 Å². The third-order valence-electron chi connectivity index (χ3n) is 2.99. The van der Waals surface area contributed by atoms with Crippen molar-refractivity contribution < 1.29 is 17.9 Å². The molecular formula is C15H14F3NOS. The van der Waals surface area contributed by atoms with E-state index in [-0.39, 0.29) is 5.69 Å². The van der Waals surface area contributed by atoms with E-state index in [1.54, 1.807) is 0 Å². The van der Waals surface area contributed by atoms with Crippen LogP contribution in [0.15, 0.2) is 40.1 Å². The molecule has 0 aliphatic rings. The van der Waals surface area contributed by atoms with E-state index in [1.807, 2.05) is 32.0 Å². The SMILES string of the molecule is Cc1ccc(Sc2cc(OC(F)F)c(F)cc2N)cc1C. The predicted molar refractivity (Wildman–Crippen MR) is 77.5 cm³/mol. The molecule has 0 bridgehead atoms. The molecule has 2 nitrogen and oxygen atoms in total. The zero-order valence-corrected chi connectivity index (χ0v) is 12.3. The monoisotopic (exact) mass is 313 g/mol. The Morgan fingerprint density at radius 2 is 1.81 bits per heavy atom. The summed E-state index contributed by atoms with van der Waals surface area (Å²) >= 11 is 1.27. The van der Waals surface area contributed by atoms with Gasteiger partial charge < -0.3 is 10.5 Å². The molecule has 2 N–H and O–H groups in total. The molecule has 0 amide bonds. The van der Waals surface area contributed by atoms with Gasteiger partial charge in [0.1, 0.15) is 0 Å². The lowest BCUT2D eigenvalue weighted by Crippen LogP contribution is -2.04. The Balaban J connectivity index is 2.32. The van der Waals surface area contributed by atoms with Crippen molar-refractivity contribution >= 4 is 17.4 Å². The summed E-state index contributed by atoms with van der Waals surface area (Å²) in [6, 6.07) is 7.98. The highest BCUT2D eigenvalue weighted by atomic mass is 32.2. The fraction of sp³-hybridized carbons (Fsp3) is 0.200. The van der Waals surface area contributed by atoms with Crippen LogP contribution in [-0.2, 0) is 0 Å². The van der Waals surface area contributed by atoms with Crippen LogP contribution in [0, 0.1) is 19.7 Å². The summed E-state index contributed by atoms with van der Waals surface area (Å²) in [5.74, 6) is -1.41. The maximum absolute atomic E-state index is 13.5. The van der Waals surface area contributed by atoms with Gasteiger partial charge in [-0.3, -0.25) is 0 Å². The predicted octanol–water partition coefficient (Wildman–Crippen LogP) is 4.78. The molecule has 2 aromatic rings. The van der Waals surface area contributed by atoms with Crippen LogP contribution in [0.1, 0.15) is 11.1 Å². The van der Waals surface area contributed by atoms with Crippen LogP contribution in [0.4, 0.5) is 18.9 Å². The fourth-order valence-corrected chi connectivity index (χ4v) is 2.70. The van der Waals surface area contributed by atoms with Crippen LogP contribution < -0.4 is 10.5 Å². The normalized spacial score (nSPS) is 11.0. The first-order valence-electron chi connectivity index (χ1n) is 6.15. The van der Waals surface area contributed by atoms with Crippen molar-refractivity contribution in [3.05, 3.63) is 47.3 Å². The van der Waals surface area contributed by atoms with Crippen LogP contribution in [0.2, 0.25) is 0 Å². The summed E-state index contributed by atoms with van der Waals surface area (Å²) < 4.78 is 42.1. The molecule has 2 rings (SSSR count). The van der Waals surface area contributed by atoms with E-state index >= 15 is 0 Å². The van der Waals surface area contributed by atoms with Crippen LogP contribution >= 0.6 is 11.8 Å². The maximum atomic E-state index is 13.5. The van der Waals surface area contributed by atoms with Gasteiger partial charge in [-0.1, -0.05) is 17.8 Å². The minimum Gasteiger partial charge on any atom is -0.432 e. The molecule has 6 heteroatoms. The van der Waals surface area contributed by atoms with E-state index in [0.29, 0.717) is 4.90 Å². The lowest BCUT2D eigenvalue weighted by atomic mass is 10.1. The number of hydrogen-bond donors (Lipinski definition) is 1. The Bertz CT molecular complexity index is 662. The minimum atomic E-state index is -3.08. The van der Waals surface area contributed by atoms with Crippen molar-refractivity contribution in [2.45, 2.75) is 30.2 Å². The van der Waals surface area contributed by atoms with E-state index in [0.717, 1.165) is 22.1 Å². The summed E-state index contributed by atoms with van der Waals surface area (Å²) in [7, 11) is 0. The third-order valence-corrected chi connectivity index (χ3v) is 4.05. The lowest BCUT2D eigenvalue weighted by molar-refractivity contribution is -0.0523. The van der Waals surface area contributed by atoms with Crippen LogP contribution in [0.5, 0.6) is 5.75 Å². The Labute approximate surface area is 125 Å². The largest absolute Gasteiger partial charge is 0.432 e. The molecular weight excluding hydrogens is 299 g/mol. The van der Waals surface area contributed by atoms with Crippen molar-refractivity contribution in [2.24, 2.45) is 0 Å². The molecule has 0 heterocycles. The van der Waals surface area contributed by atoms with Crippen LogP contribution in [-0.4, -0.2) is 6.61 Å². The molecule has 0 saturated carbocycles. The molecule has 0 radical (unpaired) electrons. The first kappa shape index (κ1) is 15.6. The zero-order chi connectivity index (χ0) is 15.6. The van der Waals surface area contributed by atoms with Gasteiger partial charge in [-0.05, 0) is 43.2 Å². The standard InChI is InChI=1S/C15H14F3NOS/c1-8-3-4-10(5-9(8)2)21-14-7-13(20-15(17)18)11(16)6-12(14)19/h3-7,15H,19H2,1-2H3. The average molecular weight is 313 g/mol. The van der Waals surface area contributed by atoms with Gasteiger partial charge in [0.15, 0.2) is 11.6 Å². The first-order valence-corrected chi connectivity index (χ1v) is 6.97. The molecule has 0 spiro atoms. The summed E-state index contributed by atoms with van der Waals surface area (Å²) in [6.07, 6.45) is 0. The van der Waals surface area contributed by atoms with Crippen molar-refractivity contribution in [2.75, 3.05) is 5.73 Å². The van der Waals surface area contributed by atoms with Gasteiger partial charge in [0, 0.05) is 21.5 Å². The molecule has 0 saturated heterocycles. The number of hydrogen-bond acceptors (Lipinski definition) is 3. The first-order chi connectivity index (χ1) is 9.86. The Hall–Kier alpha value is -1.82. The second-order valence-corrected chi connectivity index (χ2v) is 5.66. The third kappa shape index (κ3) is 3.85. The lowest BCUT2D eigenvalue weighted by Gasteiger charge is -2.11. The number of halogens is 3. The molecule has 2 aromatic carbocycles. The average Bonchev–Trinajstić information content (AvgIpc) is 2.39. The molecule has 0 aliphatic carbocycles. The number of alkyl halides is 2. The van der Waals surface area contributed by atoms with E-state index < -0.39 is 18.2 Å². The second kappa shape index (κ2) is 6.30. The number of nitrogen functional groups attached to an aromatic ring is 1. The molecule has 0 atom stereocenters. The Kier molecular flexibility index (Phi) is 4.67. The summed E-state index contributed by atoms with van der Waals surface area (Å²) in [5.41, 5.74) is 8.16. The highest BCUT2D eigenvalue weighted by Crippen LogP contribution is 2.37. The van der Waals surface area contributed by atoms with E-state index in [2.05, 4.69) is 4.74 Å². The number of benzene rings is 2. The molecule has 0 aliphatic heterocycles. The molecule has 21 heavy (non-hydrogen) atoms. The topological polar surface area (TPSA) is 35.2 Å². The van der Waals surface area contributed by atoms with E-state index in [4.69, 9.17) is 5.73 Å². The number of ether oxygens (including phenoxy) is 1. The van der Waals surface area contributed by atoms with Crippen molar-refractivity contribution in [1.29, 1.82) is 0 Å². The van der Waals surface area contributed by atoms with Gasteiger partial charge in [0.05, 0.1) is 0 Å². The van der Waals surface area contributed by atoms with Gasteiger partial charge in [0.2, 0.25) is 0 Å². The smallest absolute Gasteiger partial charge is 0.387 e. The highest BCUT2D eigenvalue weighted by molar-refractivity contribution is 7.99. The quantitative estimate of drug-likeness (QED) is 0.825. The van der Waals surface area contributed by atoms with Gasteiger partial charge in [-0.15, -0.1) is 0 Å². The molecule has 0 aromatic heterocycles. The molecule has 0 fully saturated rings. The minimum absolute atomic E-state index is 0.178. The van der Waals surface area contributed by atoms with Gasteiger partial charge in [0.25, 0.3) is 0 Å². The number of nitrogens with two attached hydrogens (primary N) is 1. The summed E-state index contributed by atoms with van der Waals surface area (Å²) in [6.45, 7) is 0.881. The van der Waals surface area contributed by atoms with Gasteiger partial charge >= 0.3 is 6.61 Å². The highest BCUT2D eigenvalue weighted by Gasteiger charge is 2.14. The van der Waals surface area contributed by atoms with Gasteiger partial charge in [-0.25, -0.2) is 4.39 Å². The number of aryl methyl sites for hydroxylation is 2. The number of anilines is 1. The van der Waals surface area contributed by atoms with Crippen LogP contribution in [0.25, 0.3) is 0 Å². The van der Waals surface area contributed by atoms with E-state index in [1.165, 1.54) is 17.8 Å². The second-order valence-electron chi connectivity index (χ2n) is 4.55. The summed E-state index contributed by atoms with van der Waals surface area (Å²) in [5, 5.41) is 0. The zero-order valence-electron chi connectivity index (χ0n) is 11.5. The Morgan fingerprint density at radius 3 is 2.43 bits per heavy atom. The number of rotatable bonds is 4.